The molecule has 0 saturated carbocycles. The summed E-state index contributed by atoms with van der Waals surface area (Å²) in [6, 6.07) is 3.58. The van der Waals surface area contributed by atoms with E-state index in [2.05, 4.69) is 5.32 Å². The molecule has 2 aliphatic rings. The second-order valence-electron chi connectivity index (χ2n) is 5.82. The number of nitrogens with zero attached hydrogens (tertiary/aromatic N) is 1. The highest BCUT2D eigenvalue weighted by atomic mass is 16.7. The van der Waals surface area contributed by atoms with Crippen LogP contribution >= 0.6 is 0 Å². The maximum Gasteiger partial charge on any atom is 0.236 e. The van der Waals surface area contributed by atoms with E-state index in [1.54, 1.807) is 18.0 Å². The van der Waals surface area contributed by atoms with Crippen LogP contribution in [0, 0.1) is 12.8 Å². The Morgan fingerprint density at radius 3 is 2.77 bits per heavy atom. The van der Waals surface area contributed by atoms with Gasteiger partial charge in [0.1, 0.15) is 5.92 Å². The molecule has 22 heavy (non-hydrogen) atoms. The molecular formula is C16H20N2O4. The average molecular weight is 304 g/mol. The predicted octanol–water partition coefficient (Wildman–Crippen LogP) is 1.92. The molecule has 2 aliphatic heterocycles. The van der Waals surface area contributed by atoms with E-state index in [0.717, 1.165) is 18.4 Å². The lowest BCUT2D eigenvalue weighted by Gasteiger charge is -2.20. The molecule has 6 nitrogen and oxygen atoms in total. The van der Waals surface area contributed by atoms with Crippen LogP contribution in [0.4, 0.5) is 5.69 Å². The third kappa shape index (κ3) is 2.73. The van der Waals surface area contributed by atoms with Crippen molar-refractivity contribution in [2.24, 2.45) is 5.92 Å². The lowest BCUT2D eigenvalue weighted by molar-refractivity contribution is -0.138. The number of hydrogen-bond acceptors (Lipinski definition) is 4. The van der Waals surface area contributed by atoms with E-state index in [0.29, 0.717) is 30.2 Å². The van der Waals surface area contributed by atoms with Gasteiger partial charge in [0.05, 0.1) is 0 Å². The van der Waals surface area contributed by atoms with Crippen LogP contribution in [0.1, 0.15) is 24.8 Å². The molecule has 0 unspecified atom stereocenters. The number of amides is 2. The van der Waals surface area contributed by atoms with E-state index in [9.17, 15) is 9.59 Å². The third-order valence-electron chi connectivity index (χ3n) is 4.20. The van der Waals surface area contributed by atoms with Gasteiger partial charge in [-0.15, -0.1) is 0 Å². The molecule has 3 rings (SSSR count). The fourth-order valence-corrected chi connectivity index (χ4v) is 2.84. The van der Waals surface area contributed by atoms with Gasteiger partial charge in [0.15, 0.2) is 11.5 Å². The second-order valence-corrected chi connectivity index (χ2v) is 5.82. The van der Waals surface area contributed by atoms with Crippen molar-refractivity contribution in [3.63, 3.8) is 0 Å². The molecule has 2 amide bonds. The van der Waals surface area contributed by atoms with Crippen molar-refractivity contribution in [1.29, 1.82) is 0 Å². The molecule has 0 spiro atoms. The minimum Gasteiger partial charge on any atom is -0.454 e. The summed E-state index contributed by atoms with van der Waals surface area (Å²) in [5.74, 6) is 0.331. The fourth-order valence-electron chi connectivity index (χ4n) is 2.84. The van der Waals surface area contributed by atoms with Crippen molar-refractivity contribution in [3.05, 3.63) is 17.7 Å². The van der Waals surface area contributed by atoms with Crippen LogP contribution in [0.25, 0.3) is 0 Å². The molecule has 0 aromatic heterocycles. The zero-order valence-electron chi connectivity index (χ0n) is 12.8. The molecule has 1 atom stereocenters. The normalized spacial score (nSPS) is 20.7. The summed E-state index contributed by atoms with van der Waals surface area (Å²) in [7, 11) is 1.75. The first-order valence-electron chi connectivity index (χ1n) is 7.52. The SMILES string of the molecule is Cc1cc2c(cc1NC(=O)[C@@H]1CCCCN(C)C1=O)OCO2. The Balaban J connectivity index is 1.78. The van der Waals surface area contributed by atoms with Gasteiger partial charge in [-0.25, -0.2) is 0 Å². The molecule has 0 bridgehead atoms. The number of anilines is 1. The minimum absolute atomic E-state index is 0.103. The Kier molecular flexibility index (Phi) is 3.92. The largest absolute Gasteiger partial charge is 0.454 e. The van der Waals surface area contributed by atoms with Crippen molar-refractivity contribution in [2.45, 2.75) is 26.2 Å². The number of aryl methyl sites for hydroxylation is 1. The van der Waals surface area contributed by atoms with E-state index in [4.69, 9.17) is 9.47 Å². The second kappa shape index (κ2) is 5.87. The number of benzene rings is 1. The number of likely N-dealkylation sites (tertiary alicyclic amines) is 1. The van der Waals surface area contributed by atoms with E-state index in [1.807, 2.05) is 13.0 Å². The molecule has 2 heterocycles. The van der Waals surface area contributed by atoms with Gasteiger partial charge in [-0.1, -0.05) is 6.42 Å². The van der Waals surface area contributed by atoms with E-state index < -0.39 is 5.92 Å². The maximum absolute atomic E-state index is 12.5. The van der Waals surface area contributed by atoms with Crippen molar-refractivity contribution in [2.75, 3.05) is 25.7 Å². The molecule has 0 aliphatic carbocycles. The third-order valence-corrected chi connectivity index (χ3v) is 4.20. The fraction of sp³-hybridized carbons (Fsp3) is 0.500. The summed E-state index contributed by atoms with van der Waals surface area (Å²) >= 11 is 0. The predicted molar refractivity (Wildman–Crippen MR) is 80.9 cm³/mol. The van der Waals surface area contributed by atoms with Gasteiger partial charge in [-0.3, -0.25) is 9.59 Å². The van der Waals surface area contributed by atoms with Crippen LogP contribution in [-0.4, -0.2) is 37.1 Å². The van der Waals surface area contributed by atoms with Gasteiger partial charge in [-0.2, -0.15) is 0 Å². The van der Waals surface area contributed by atoms with Crippen LogP contribution in [0.2, 0.25) is 0 Å². The summed E-state index contributed by atoms with van der Waals surface area (Å²) in [5, 5.41) is 2.87. The van der Waals surface area contributed by atoms with Crippen LogP contribution in [0.15, 0.2) is 12.1 Å². The molecule has 0 radical (unpaired) electrons. The standard InChI is InChI=1S/C16H20N2O4/c1-10-7-13-14(22-9-21-13)8-12(10)17-15(19)11-5-3-4-6-18(2)16(11)20/h7-8,11H,3-6,9H2,1-2H3,(H,17,19)/t11-/m0/s1. The lowest BCUT2D eigenvalue weighted by atomic mass is 10.0. The number of carbonyl (C=O) groups excluding carboxylic acids is 2. The molecular weight excluding hydrogens is 284 g/mol. The monoisotopic (exact) mass is 304 g/mol. The van der Waals surface area contributed by atoms with Crippen molar-refractivity contribution < 1.29 is 19.1 Å². The van der Waals surface area contributed by atoms with Gasteiger partial charge in [0.2, 0.25) is 18.6 Å². The molecule has 118 valence electrons. The Bertz CT molecular complexity index is 614. The molecule has 1 N–H and O–H groups in total. The van der Waals surface area contributed by atoms with E-state index in [-0.39, 0.29) is 18.6 Å². The van der Waals surface area contributed by atoms with Crippen LogP contribution in [0.3, 0.4) is 0 Å². The Morgan fingerprint density at radius 2 is 2.00 bits per heavy atom. The highest BCUT2D eigenvalue weighted by molar-refractivity contribution is 6.06. The highest BCUT2D eigenvalue weighted by Crippen LogP contribution is 2.37. The lowest BCUT2D eigenvalue weighted by Crippen LogP contribution is -2.38. The highest BCUT2D eigenvalue weighted by Gasteiger charge is 2.31. The van der Waals surface area contributed by atoms with Crippen molar-refractivity contribution in [1.82, 2.24) is 4.90 Å². The quantitative estimate of drug-likeness (QED) is 0.848. The van der Waals surface area contributed by atoms with Gasteiger partial charge < -0.3 is 19.7 Å². The number of fused-ring (bicyclic) bond motifs is 1. The van der Waals surface area contributed by atoms with Crippen molar-refractivity contribution in [3.8, 4) is 11.5 Å². The maximum atomic E-state index is 12.5. The molecule has 1 fully saturated rings. The van der Waals surface area contributed by atoms with E-state index in [1.165, 1.54) is 0 Å². The summed E-state index contributed by atoms with van der Waals surface area (Å²) in [6.45, 7) is 2.79. The molecule has 1 aromatic rings. The summed E-state index contributed by atoms with van der Waals surface area (Å²) in [5.41, 5.74) is 1.54. The first kappa shape index (κ1) is 14.7. The van der Waals surface area contributed by atoms with Gasteiger partial charge in [0, 0.05) is 25.3 Å². The zero-order valence-corrected chi connectivity index (χ0v) is 12.8. The average Bonchev–Trinajstić information content (AvgIpc) is 2.86. The minimum atomic E-state index is -0.614. The Hall–Kier alpha value is -2.24. The topological polar surface area (TPSA) is 67.9 Å². The summed E-state index contributed by atoms with van der Waals surface area (Å²) in [4.78, 5) is 26.4. The summed E-state index contributed by atoms with van der Waals surface area (Å²) < 4.78 is 10.6. The van der Waals surface area contributed by atoms with Gasteiger partial charge >= 0.3 is 0 Å². The smallest absolute Gasteiger partial charge is 0.236 e. The van der Waals surface area contributed by atoms with Crippen LogP contribution < -0.4 is 14.8 Å². The number of rotatable bonds is 2. The number of hydrogen-bond donors (Lipinski definition) is 1. The Morgan fingerprint density at radius 1 is 1.27 bits per heavy atom. The molecule has 1 aromatic carbocycles. The van der Waals surface area contributed by atoms with E-state index >= 15 is 0 Å². The molecule has 6 heteroatoms. The number of carbonyl (C=O) groups is 2. The van der Waals surface area contributed by atoms with Crippen LogP contribution in [-0.2, 0) is 9.59 Å². The van der Waals surface area contributed by atoms with Crippen molar-refractivity contribution >= 4 is 17.5 Å². The van der Waals surface area contributed by atoms with Gasteiger partial charge in [-0.05, 0) is 31.4 Å². The summed E-state index contributed by atoms with van der Waals surface area (Å²) in [6.07, 6.45) is 2.42. The first-order chi connectivity index (χ1) is 10.6. The van der Waals surface area contributed by atoms with Crippen LogP contribution in [0.5, 0.6) is 11.5 Å². The first-order valence-corrected chi connectivity index (χ1v) is 7.52. The number of nitrogens with one attached hydrogen (secondary N) is 1. The number of ether oxygens (including phenoxy) is 2. The van der Waals surface area contributed by atoms with Gasteiger partial charge in [0.25, 0.3) is 0 Å². The zero-order chi connectivity index (χ0) is 15.7. The molecule has 1 saturated heterocycles. The Labute approximate surface area is 129 Å².